The summed E-state index contributed by atoms with van der Waals surface area (Å²) in [5.74, 6) is 0.800. The van der Waals surface area contributed by atoms with Gasteiger partial charge in [-0.05, 0) is 25.0 Å². The van der Waals surface area contributed by atoms with E-state index in [0.29, 0.717) is 46.1 Å². The second-order valence-electron chi connectivity index (χ2n) is 8.61. The van der Waals surface area contributed by atoms with Gasteiger partial charge in [-0.25, -0.2) is 4.98 Å². The van der Waals surface area contributed by atoms with E-state index in [1.807, 2.05) is 6.07 Å². The van der Waals surface area contributed by atoms with E-state index in [0.717, 1.165) is 51.3 Å². The van der Waals surface area contributed by atoms with Gasteiger partial charge in [0.05, 0.1) is 40.8 Å². The van der Waals surface area contributed by atoms with Gasteiger partial charge in [0.2, 0.25) is 5.95 Å². The number of hydrogen-bond acceptors (Lipinski definition) is 10. The second-order valence-corrected chi connectivity index (χ2v) is 8.99. The molecule has 0 spiro atoms. The summed E-state index contributed by atoms with van der Waals surface area (Å²) >= 11 is 6.84. The Labute approximate surface area is 207 Å². The molecule has 12 heteroatoms. The molecule has 1 aromatic carbocycles. The van der Waals surface area contributed by atoms with Crippen LogP contribution in [0.5, 0.6) is 0 Å². The van der Waals surface area contributed by atoms with Crippen molar-refractivity contribution >= 4 is 40.4 Å². The van der Waals surface area contributed by atoms with E-state index < -0.39 is 0 Å². The number of rotatable bonds is 8. The van der Waals surface area contributed by atoms with Crippen LogP contribution in [0.3, 0.4) is 0 Å². The third kappa shape index (κ3) is 4.93. The number of piperazine rings is 1. The first-order chi connectivity index (χ1) is 17.1. The zero-order chi connectivity index (χ0) is 24.4. The summed E-state index contributed by atoms with van der Waals surface area (Å²) in [7, 11) is 1.71. The molecule has 2 fully saturated rings. The van der Waals surface area contributed by atoms with E-state index in [4.69, 9.17) is 16.3 Å². The molecule has 11 nitrogen and oxygen atoms in total. The molecule has 1 saturated carbocycles. The number of methoxy groups -OCH3 is 1. The van der Waals surface area contributed by atoms with Gasteiger partial charge in [0.15, 0.2) is 17.2 Å². The van der Waals surface area contributed by atoms with E-state index in [-0.39, 0.29) is 5.95 Å². The number of hydrogen-bond donors (Lipinski definition) is 2. The monoisotopic (exact) mass is 492 g/mol. The van der Waals surface area contributed by atoms with Gasteiger partial charge in [-0.3, -0.25) is 4.90 Å². The molecule has 5 rings (SSSR count). The Morgan fingerprint density at radius 3 is 2.66 bits per heavy atom. The molecule has 3 aromatic rings. The summed E-state index contributed by atoms with van der Waals surface area (Å²) in [5, 5.41) is 30.6. The maximum Gasteiger partial charge on any atom is 0.247 e. The molecular weight excluding hydrogens is 468 g/mol. The summed E-state index contributed by atoms with van der Waals surface area (Å²) in [6, 6.07) is 8.15. The molecule has 35 heavy (non-hydrogen) atoms. The minimum Gasteiger partial charge on any atom is -0.383 e. The Bertz CT molecular complexity index is 1310. The van der Waals surface area contributed by atoms with Gasteiger partial charge in [0.25, 0.3) is 0 Å². The lowest BCUT2D eigenvalue weighted by atomic mass is 10.1. The Morgan fingerprint density at radius 2 is 1.97 bits per heavy atom. The highest BCUT2D eigenvalue weighted by atomic mass is 35.5. The summed E-state index contributed by atoms with van der Waals surface area (Å²) in [6.45, 7) is 4.93. The summed E-state index contributed by atoms with van der Waals surface area (Å²) in [4.78, 5) is 13.4. The molecular formula is C23H25ClN10O. The average molecular weight is 493 g/mol. The molecule has 0 bridgehead atoms. The normalized spacial score (nSPS) is 16.2. The van der Waals surface area contributed by atoms with Gasteiger partial charge < -0.3 is 20.3 Å². The number of ether oxygens (including phenoxy) is 1. The van der Waals surface area contributed by atoms with Gasteiger partial charge >= 0.3 is 0 Å². The van der Waals surface area contributed by atoms with Crippen molar-refractivity contribution in [3.05, 3.63) is 34.6 Å². The van der Waals surface area contributed by atoms with Crippen LogP contribution in [0.15, 0.2) is 18.3 Å². The molecule has 1 aliphatic carbocycles. The number of halogens is 1. The number of imidazole rings is 1. The highest BCUT2D eigenvalue weighted by molar-refractivity contribution is 6.36. The minimum absolute atomic E-state index is 0.252. The van der Waals surface area contributed by atoms with Crippen LogP contribution in [0.25, 0.3) is 5.65 Å². The van der Waals surface area contributed by atoms with Gasteiger partial charge in [0.1, 0.15) is 6.07 Å². The van der Waals surface area contributed by atoms with Gasteiger partial charge in [-0.15, -0.1) is 5.10 Å². The Morgan fingerprint density at radius 1 is 1.17 bits per heavy atom. The van der Waals surface area contributed by atoms with Crippen molar-refractivity contribution in [3.63, 3.8) is 0 Å². The number of nitrogens with zero attached hydrogens (tertiary/aromatic N) is 8. The average Bonchev–Trinajstić information content (AvgIpc) is 3.60. The topological polar surface area (TPSA) is 130 Å². The first kappa shape index (κ1) is 23.1. The van der Waals surface area contributed by atoms with Crippen LogP contribution in [0.2, 0.25) is 5.02 Å². The molecule has 1 saturated heterocycles. The van der Waals surface area contributed by atoms with Crippen LogP contribution in [-0.2, 0) is 4.74 Å². The predicted octanol–water partition coefficient (Wildman–Crippen LogP) is 2.61. The number of nitriles is 2. The van der Waals surface area contributed by atoms with E-state index in [1.165, 1.54) is 10.7 Å². The fourth-order valence-corrected chi connectivity index (χ4v) is 4.35. The van der Waals surface area contributed by atoms with Crippen LogP contribution in [0.1, 0.15) is 24.1 Å². The van der Waals surface area contributed by atoms with Crippen molar-refractivity contribution in [2.75, 3.05) is 62.0 Å². The third-order valence-corrected chi connectivity index (χ3v) is 6.55. The van der Waals surface area contributed by atoms with Crippen molar-refractivity contribution in [1.29, 1.82) is 10.5 Å². The van der Waals surface area contributed by atoms with E-state index in [1.54, 1.807) is 13.2 Å². The lowest BCUT2D eigenvalue weighted by Gasteiger charge is -2.36. The lowest BCUT2D eigenvalue weighted by Crippen LogP contribution is -2.47. The van der Waals surface area contributed by atoms with Crippen LogP contribution in [0, 0.1) is 22.7 Å². The standard InChI is InChI=1S/C23H25ClN10O/c1-35-9-8-32-4-6-33(7-5-32)19-11-15(12-25)10-18(20(19)24)29-23-30-21(28-16-2-3-16)22-27-14-17(13-26)34(22)31-23/h10-11,14,16H,2-9H2,1H3,(H2,28,29,30,31). The predicted molar refractivity (Wildman–Crippen MR) is 132 cm³/mol. The fourth-order valence-electron chi connectivity index (χ4n) is 4.08. The third-order valence-electron chi connectivity index (χ3n) is 6.15. The Balaban J connectivity index is 1.45. The quantitative estimate of drug-likeness (QED) is 0.483. The largest absolute Gasteiger partial charge is 0.383 e. The van der Waals surface area contributed by atoms with Crippen LogP contribution in [0.4, 0.5) is 23.1 Å². The van der Waals surface area contributed by atoms with Crippen LogP contribution >= 0.6 is 11.6 Å². The Kier molecular flexibility index (Phi) is 6.55. The smallest absolute Gasteiger partial charge is 0.247 e. The molecule has 0 atom stereocenters. The van der Waals surface area contributed by atoms with Crippen LogP contribution in [-0.4, -0.2) is 77.0 Å². The van der Waals surface area contributed by atoms with Crippen molar-refractivity contribution < 1.29 is 4.74 Å². The fraction of sp³-hybridized carbons (Fsp3) is 0.435. The number of anilines is 4. The minimum atomic E-state index is 0.252. The highest BCUT2D eigenvalue weighted by Crippen LogP contribution is 2.36. The number of fused-ring (bicyclic) bond motifs is 1. The summed E-state index contributed by atoms with van der Waals surface area (Å²) in [6.07, 6.45) is 3.59. The first-order valence-electron chi connectivity index (χ1n) is 11.5. The molecule has 2 aromatic heterocycles. The Hall–Kier alpha value is -3.64. The second kappa shape index (κ2) is 9.92. The zero-order valence-electron chi connectivity index (χ0n) is 19.3. The maximum absolute atomic E-state index is 9.66. The molecule has 1 aliphatic heterocycles. The van der Waals surface area contributed by atoms with Gasteiger partial charge in [-0.1, -0.05) is 11.6 Å². The molecule has 0 radical (unpaired) electrons. The summed E-state index contributed by atoms with van der Waals surface area (Å²) < 4.78 is 6.65. The molecule has 2 N–H and O–H groups in total. The lowest BCUT2D eigenvalue weighted by molar-refractivity contribution is 0.144. The van der Waals surface area contributed by atoms with Gasteiger partial charge in [0, 0.05) is 45.9 Å². The van der Waals surface area contributed by atoms with E-state index >= 15 is 0 Å². The molecule has 2 aliphatic rings. The number of benzene rings is 1. The van der Waals surface area contributed by atoms with Gasteiger partial charge in [-0.2, -0.15) is 20.0 Å². The first-order valence-corrected chi connectivity index (χ1v) is 11.9. The van der Waals surface area contributed by atoms with E-state index in [9.17, 15) is 10.5 Å². The van der Waals surface area contributed by atoms with Crippen molar-refractivity contribution in [2.24, 2.45) is 0 Å². The zero-order valence-corrected chi connectivity index (χ0v) is 20.1. The van der Waals surface area contributed by atoms with Crippen LogP contribution < -0.4 is 15.5 Å². The van der Waals surface area contributed by atoms with Crippen molar-refractivity contribution in [3.8, 4) is 12.1 Å². The summed E-state index contributed by atoms with van der Waals surface area (Å²) in [5.41, 5.74) is 2.58. The van der Waals surface area contributed by atoms with E-state index in [2.05, 4.69) is 47.6 Å². The van der Waals surface area contributed by atoms with Crippen molar-refractivity contribution in [1.82, 2.24) is 24.5 Å². The molecule has 3 heterocycles. The molecule has 180 valence electrons. The molecule has 0 amide bonds. The highest BCUT2D eigenvalue weighted by Gasteiger charge is 2.25. The van der Waals surface area contributed by atoms with Crippen molar-refractivity contribution in [2.45, 2.75) is 18.9 Å². The SMILES string of the molecule is COCCN1CCN(c2cc(C#N)cc(Nc3nc(NC4CC4)c4ncc(C#N)n4n3)c2Cl)CC1. The number of aromatic nitrogens is 4. The maximum atomic E-state index is 9.66. The number of nitrogens with one attached hydrogen (secondary N) is 2. The molecule has 0 unspecified atom stereocenters.